The first-order valence-corrected chi connectivity index (χ1v) is 10.7. The van der Waals surface area contributed by atoms with Crippen molar-refractivity contribution in [2.75, 3.05) is 0 Å². The molecule has 4 heteroatoms. The van der Waals surface area contributed by atoms with E-state index in [4.69, 9.17) is 0 Å². The Morgan fingerprint density at radius 2 is 1.90 bits per heavy atom. The van der Waals surface area contributed by atoms with Gasteiger partial charge in [0.1, 0.15) is 11.6 Å². The quantitative estimate of drug-likeness (QED) is 0.506. The molecule has 29 heavy (non-hydrogen) atoms. The molecule has 150 valence electrons. The zero-order valence-electron chi connectivity index (χ0n) is 16.8. The third-order valence-electron chi connectivity index (χ3n) is 7.71. The maximum absolute atomic E-state index is 13.1. The molecule has 0 heterocycles. The highest BCUT2D eigenvalue weighted by Gasteiger charge is 2.53. The van der Waals surface area contributed by atoms with Crippen LogP contribution in [0.1, 0.15) is 61.6 Å². The lowest BCUT2D eigenvalue weighted by atomic mass is 9.55. The zero-order chi connectivity index (χ0) is 20.0. The molecule has 0 radical (unpaired) electrons. The first-order valence-electron chi connectivity index (χ1n) is 10.7. The van der Waals surface area contributed by atoms with Crippen LogP contribution >= 0.6 is 0 Å². The van der Waals surface area contributed by atoms with Gasteiger partial charge in [0.15, 0.2) is 0 Å². The first kappa shape index (κ1) is 18.5. The summed E-state index contributed by atoms with van der Waals surface area (Å²) in [6.07, 6.45) is 8.52. The highest BCUT2D eigenvalue weighted by Crippen LogP contribution is 2.60. The maximum atomic E-state index is 13.1. The van der Waals surface area contributed by atoms with Gasteiger partial charge in [0.2, 0.25) is 0 Å². The fraction of sp³-hybridized carbons (Fsp3) is 0.440. The van der Waals surface area contributed by atoms with E-state index >= 15 is 0 Å². The molecular formula is C25H27FN2O. The monoisotopic (exact) mass is 390 g/mol. The minimum atomic E-state index is -0.236. The molecule has 0 unspecified atom stereocenters. The number of rotatable bonds is 2. The van der Waals surface area contributed by atoms with Gasteiger partial charge in [0.05, 0.1) is 6.21 Å². The number of halogens is 1. The van der Waals surface area contributed by atoms with Crippen molar-refractivity contribution in [2.24, 2.45) is 27.5 Å². The van der Waals surface area contributed by atoms with Crippen molar-refractivity contribution < 1.29 is 9.50 Å². The van der Waals surface area contributed by atoms with Crippen LogP contribution in [0.15, 0.2) is 52.7 Å². The Labute approximate surface area is 171 Å². The molecule has 1 N–H and O–H groups in total. The van der Waals surface area contributed by atoms with Crippen LogP contribution in [0.4, 0.5) is 4.39 Å². The van der Waals surface area contributed by atoms with E-state index in [2.05, 4.69) is 23.2 Å². The van der Waals surface area contributed by atoms with E-state index in [1.165, 1.54) is 48.2 Å². The van der Waals surface area contributed by atoms with Crippen molar-refractivity contribution in [2.45, 2.75) is 51.4 Å². The molecule has 2 fully saturated rings. The third-order valence-corrected chi connectivity index (χ3v) is 7.71. The van der Waals surface area contributed by atoms with Crippen molar-refractivity contribution in [3.63, 3.8) is 0 Å². The van der Waals surface area contributed by atoms with Gasteiger partial charge in [0.25, 0.3) is 0 Å². The number of fused-ring (bicyclic) bond motifs is 5. The molecule has 2 saturated carbocycles. The van der Waals surface area contributed by atoms with Gasteiger partial charge < -0.3 is 5.11 Å². The van der Waals surface area contributed by atoms with Crippen LogP contribution in [0.25, 0.3) is 0 Å². The van der Waals surface area contributed by atoms with Crippen LogP contribution < -0.4 is 0 Å². The van der Waals surface area contributed by atoms with E-state index in [0.717, 1.165) is 24.8 Å². The van der Waals surface area contributed by atoms with Crippen molar-refractivity contribution >= 4 is 11.9 Å². The summed E-state index contributed by atoms with van der Waals surface area (Å²) in [6.45, 7) is 2.39. The maximum Gasteiger partial charge on any atom is 0.123 e. The Morgan fingerprint density at radius 1 is 1.07 bits per heavy atom. The number of nitrogens with zero attached hydrogens (tertiary/aromatic N) is 2. The average molecular weight is 391 g/mol. The summed E-state index contributed by atoms with van der Waals surface area (Å²) >= 11 is 0. The van der Waals surface area contributed by atoms with E-state index in [-0.39, 0.29) is 11.2 Å². The van der Waals surface area contributed by atoms with Crippen LogP contribution in [-0.2, 0) is 6.42 Å². The number of hydrogen-bond donors (Lipinski definition) is 1. The molecule has 0 aromatic heterocycles. The molecule has 3 nitrogen and oxygen atoms in total. The molecule has 5 rings (SSSR count). The molecule has 4 atom stereocenters. The number of phenols is 1. The SMILES string of the molecule is C[C@]12CC[C@H]3c4ccc(O)cc4CC[C@@H]3[C@@H]1CC/C2=N/N=C\c1ccc(F)cc1. The molecule has 0 aliphatic heterocycles. The molecule has 0 amide bonds. The predicted octanol–water partition coefficient (Wildman–Crippen LogP) is 5.86. The molecule has 2 aromatic rings. The van der Waals surface area contributed by atoms with Gasteiger partial charge >= 0.3 is 0 Å². The Kier molecular flexibility index (Phi) is 4.53. The van der Waals surface area contributed by atoms with E-state index in [1.54, 1.807) is 18.3 Å². The predicted molar refractivity (Wildman–Crippen MR) is 114 cm³/mol. The lowest BCUT2D eigenvalue weighted by molar-refractivity contribution is 0.0955. The summed E-state index contributed by atoms with van der Waals surface area (Å²) in [6, 6.07) is 12.3. The fourth-order valence-corrected chi connectivity index (χ4v) is 6.24. The van der Waals surface area contributed by atoms with Crippen molar-refractivity contribution in [3.05, 3.63) is 65.0 Å². The van der Waals surface area contributed by atoms with Crippen LogP contribution in [0.3, 0.4) is 0 Å². The molecule has 3 aliphatic carbocycles. The second-order valence-electron chi connectivity index (χ2n) is 9.14. The topological polar surface area (TPSA) is 45.0 Å². The van der Waals surface area contributed by atoms with E-state index < -0.39 is 0 Å². The number of aryl methyl sites for hydroxylation is 1. The van der Waals surface area contributed by atoms with Crippen LogP contribution in [0.5, 0.6) is 5.75 Å². The van der Waals surface area contributed by atoms with Gasteiger partial charge in [-0.05, 0) is 97.2 Å². The van der Waals surface area contributed by atoms with Crippen LogP contribution in [0, 0.1) is 23.1 Å². The fourth-order valence-electron chi connectivity index (χ4n) is 6.24. The van der Waals surface area contributed by atoms with E-state index in [0.29, 0.717) is 23.5 Å². The molecular weight excluding hydrogens is 363 g/mol. The Hall–Kier alpha value is -2.49. The minimum Gasteiger partial charge on any atom is -0.508 e. The highest BCUT2D eigenvalue weighted by atomic mass is 19.1. The Bertz CT molecular complexity index is 981. The number of hydrogen-bond acceptors (Lipinski definition) is 3. The highest BCUT2D eigenvalue weighted by molar-refractivity contribution is 5.93. The van der Waals surface area contributed by atoms with Gasteiger partial charge in [-0.3, -0.25) is 0 Å². The summed E-state index contributed by atoms with van der Waals surface area (Å²) in [4.78, 5) is 0. The molecule has 2 aromatic carbocycles. The summed E-state index contributed by atoms with van der Waals surface area (Å²) < 4.78 is 13.1. The Balaban J connectivity index is 1.37. The second kappa shape index (κ2) is 7.08. The van der Waals surface area contributed by atoms with Crippen molar-refractivity contribution in [1.82, 2.24) is 0 Å². The summed E-state index contributed by atoms with van der Waals surface area (Å²) in [5.74, 6) is 2.11. The number of phenolic OH excluding ortho intramolecular Hbond substituents is 1. The van der Waals surface area contributed by atoms with E-state index in [9.17, 15) is 9.50 Å². The summed E-state index contributed by atoms with van der Waals surface area (Å²) in [5.41, 5.74) is 5.03. The molecule has 0 saturated heterocycles. The molecule has 0 spiro atoms. The van der Waals surface area contributed by atoms with E-state index in [1.807, 2.05) is 12.1 Å². The summed E-state index contributed by atoms with van der Waals surface area (Å²) in [7, 11) is 0. The molecule has 0 bridgehead atoms. The number of benzene rings is 2. The second-order valence-corrected chi connectivity index (χ2v) is 9.14. The minimum absolute atomic E-state index is 0.135. The number of aromatic hydroxyl groups is 1. The third kappa shape index (κ3) is 3.19. The van der Waals surface area contributed by atoms with Crippen molar-refractivity contribution in [3.8, 4) is 5.75 Å². The Morgan fingerprint density at radius 3 is 2.72 bits per heavy atom. The zero-order valence-corrected chi connectivity index (χ0v) is 16.8. The largest absolute Gasteiger partial charge is 0.508 e. The lowest BCUT2D eigenvalue weighted by Crippen LogP contribution is -2.42. The van der Waals surface area contributed by atoms with Crippen LogP contribution in [-0.4, -0.2) is 17.0 Å². The smallest absolute Gasteiger partial charge is 0.123 e. The van der Waals surface area contributed by atoms with Gasteiger partial charge in [-0.15, -0.1) is 0 Å². The van der Waals surface area contributed by atoms with Gasteiger partial charge in [0, 0.05) is 11.1 Å². The van der Waals surface area contributed by atoms with Gasteiger partial charge in [-0.1, -0.05) is 25.1 Å². The summed E-state index contributed by atoms with van der Waals surface area (Å²) in [5, 5.41) is 18.8. The normalized spacial score (nSPS) is 32.2. The van der Waals surface area contributed by atoms with Crippen molar-refractivity contribution in [1.29, 1.82) is 0 Å². The van der Waals surface area contributed by atoms with Gasteiger partial charge in [-0.2, -0.15) is 10.2 Å². The molecule has 3 aliphatic rings. The lowest BCUT2D eigenvalue weighted by Gasteiger charge is -2.49. The first-order chi connectivity index (χ1) is 14.0. The average Bonchev–Trinajstić information content (AvgIpc) is 3.05. The van der Waals surface area contributed by atoms with Crippen LogP contribution in [0.2, 0.25) is 0 Å². The van der Waals surface area contributed by atoms with Gasteiger partial charge in [-0.25, -0.2) is 4.39 Å². The standard InChI is InChI=1S/C25H27FN2O/c1-25-13-12-21-20-9-7-19(29)14-17(20)4-8-22(21)23(25)10-11-24(25)28-27-15-16-2-5-18(26)6-3-16/h2-3,5-7,9,14-15,21-23,29H,4,8,10-13H2,1H3/b27-15-,28-24-/t21-,22-,23-,25-/m0/s1.